The number of hydrogen-bond donors (Lipinski definition) is 0. The first-order valence-corrected chi connectivity index (χ1v) is 8.50. The lowest BCUT2D eigenvalue weighted by Gasteiger charge is -2.17. The lowest BCUT2D eigenvalue weighted by Crippen LogP contribution is -2.04. The molecule has 0 unspecified atom stereocenters. The number of pyridine rings is 1. The average molecular weight is 328 g/mol. The number of halogens is 1. The van der Waals surface area contributed by atoms with Crippen LogP contribution in [0.2, 0.25) is 5.15 Å². The van der Waals surface area contributed by atoms with E-state index in [-0.39, 0.29) is 0 Å². The molecule has 3 aromatic rings. The molecular weight excluding hydrogens is 310 g/mol. The number of rotatable bonds is 2. The lowest BCUT2D eigenvalue weighted by molar-refractivity contribution is 0.314. The summed E-state index contributed by atoms with van der Waals surface area (Å²) in [5, 5.41) is 5.60. The van der Waals surface area contributed by atoms with Gasteiger partial charge in [0.15, 0.2) is 0 Å². The summed E-state index contributed by atoms with van der Waals surface area (Å²) >= 11 is 6.37. The van der Waals surface area contributed by atoms with Crippen molar-refractivity contribution in [2.45, 2.75) is 44.9 Å². The number of para-hydroxylation sites is 1. The van der Waals surface area contributed by atoms with Gasteiger partial charge in [0.2, 0.25) is 11.7 Å². The number of fused-ring (bicyclic) bond motifs is 1. The molecule has 23 heavy (non-hydrogen) atoms. The number of nitrogens with zero attached hydrogens (tertiary/aromatic N) is 3. The van der Waals surface area contributed by atoms with Crippen LogP contribution < -0.4 is 0 Å². The van der Waals surface area contributed by atoms with Gasteiger partial charge in [-0.05, 0) is 31.4 Å². The molecule has 4 nitrogen and oxygen atoms in total. The quantitative estimate of drug-likeness (QED) is 0.600. The summed E-state index contributed by atoms with van der Waals surface area (Å²) in [4.78, 5) is 9.11. The molecule has 118 valence electrons. The van der Waals surface area contributed by atoms with E-state index < -0.39 is 0 Å². The second kappa shape index (κ2) is 5.93. The van der Waals surface area contributed by atoms with Gasteiger partial charge in [-0.2, -0.15) is 4.98 Å². The molecule has 5 heteroatoms. The minimum atomic E-state index is 0.388. The highest BCUT2D eigenvalue weighted by atomic mass is 35.5. The van der Waals surface area contributed by atoms with Gasteiger partial charge in [-0.25, -0.2) is 4.98 Å². The molecule has 0 atom stereocenters. The van der Waals surface area contributed by atoms with E-state index in [0.29, 0.717) is 16.9 Å². The average Bonchev–Trinajstić information content (AvgIpc) is 3.06. The van der Waals surface area contributed by atoms with E-state index in [1.54, 1.807) is 0 Å². The molecule has 1 fully saturated rings. The third-order valence-corrected chi connectivity index (χ3v) is 4.93. The maximum Gasteiger partial charge on any atom is 0.230 e. The van der Waals surface area contributed by atoms with Crippen molar-refractivity contribution >= 4 is 22.5 Å². The summed E-state index contributed by atoms with van der Waals surface area (Å²) < 4.78 is 5.50. The van der Waals surface area contributed by atoms with Gasteiger partial charge in [-0.3, -0.25) is 0 Å². The summed E-state index contributed by atoms with van der Waals surface area (Å²) in [6, 6.07) is 8.06. The number of benzene rings is 1. The van der Waals surface area contributed by atoms with E-state index >= 15 is 0 Å². The highest BCUT2D eigenvalue weighted by molar-refractivity contribution is 6.32. The van der Waals surface area contributed by atoms with Crippen molar-refractivity contribution in [1.29, 1.82) is 0 Å². The smallest absolute Gasteiger partial charge is 0.230 e. The summed E-state index contributed by atoms with van der Waals surface area (Å²) in [5.41, 5.74) is 2.75. The Morgan fingerprint density at radius 2 is 1.96 bits per heavy atom. The van der Waals surface area contributed by atoms with E-state index in [2.05, 4.69) is 15.1 Å². The van der Waals surface area contributed by atoms with Gasteiger partial charge >= 0.3 is 0 Å². The van der Waals surface area contributed by atoms with Crippen LogP contribution >= 0.6 is 11.6 Å². The van der Waals surface area contributed by atoms with Gasteiger partial charge in [0.1, 0.15) is 5.15 Å². The van der Waals surface area contributed by atoms with Crippen LogP contribution in [0, 0.1) is 6.92 Å². The zero-order valence-electron chi connectivity index (χ0n) is 13.1. The van der Waals surface area contributed by atoms with Gasteiger partial charge in [-0.15, -0.1) is 0 Å². The zero-order chi connectivity index (χ0) is 15.8. The Kier molecular flexibility index (Phi) is 3.77. The van der Waals surface area contributed by atoms with E-state index in [1.807, 2.05) is 31.2 Å². The Labute approximate surface area is 139 Å². The molecule has 1 saturated carbocycles. The molecule has 1 aliphatic carbocycles. The number of aromatic nitrogens is 3. The van der Waals surface area contributed by atoms with Crippen LogP contribution in [0.15, 0.2) is 28.8 Å². The maximum atomic E-state index is 6.37. The third kappa shape index (κ3) is 2.72. The van der Waals surface area contributed by atoms with E-state index in [1.165, 1.54) is 19.3 Å². The Morgan fingerprint density at radius 3 is 2.78 bits per heavy atom. The van der Waals surface area contributed by atoms with Crippen LogP contribution in [0.25, 0.3) is 22.3 Å². The normalized spacial score (nSPS) is 16.1. The zero-order valence-corrected chi connectivity index (χ0v) is 13.8. The largest absolute Gasteiger partial charge is 0.339 e. The van der Waals surface area contributed by atoms with Gasteiger partial charge in [-0.1, -0.05) is 54.2 Å². The van der Waals surface area contributed by atoms with Crippen molar-refractivity contribution in [3.63, 3.8) is 0 Å². The Morgan fingerprint density at radius 1 is 1.13 bits per heavy atom. The molecule has 1 aliphatic rings. The van der Waals surface area contributed by atoms with Crippen molar-refractivity contribution < 1.29 is 4.52 Å². The molecule has 0 amide bonds. The number of hydrogen-bond acceptors (Lipinski definition) is 4. The highest BCUT2D eigenvalue weighted by Gasteiger charge is 2.23. The van der Waals surface area contributed by atoms with Crippen LogP contribution in [0.5, 0.6) is 0 Å². The molecule has 0 N–H and O–H groups in total. The fourth-order valence-electron chi connectivity index (χ4n) is 3.34. The Balaban J connectivity index is 1.74. The predicted octanol–water partition coefficient (Wildman–Crippen LogP) is 5.29. The fourth-order valence-corrected chi connectivity index (χ4v) is 3.56. The van der Waals surface area contributed by atoms with Crippen LogP contribution in [0.3, 0.4) is 0 Å². The first-order valence-electron chi connectivity index (χ1n) is 8.12. The second-order valence-corrected chi connectivity index (χ2v) is 6.62. The summed E-state index contributed by atoms with van der Waals surface area (Å²) in [5.74, 6) is 1.66. The molecule has 0 spiro atoms. The van der Waals surface area contributed by atoms with E-state index in [0.717, 1.165) is 40.8 Å². The van der Waals surface area contributed by atoms with Crippen molar-refractivity contribution in [1.82, 2.24) is 15.1 Å². The van der Waals surface area contributed by atoms with E-state index in [9.17, 15) is 0 Å². The van der Waals surface area contributed by atoms with Crippen molar-refractivity contribution in [2.24, 2.45) is 0 Å². The highest BCUT2D eigenvalue weighted by Crippen LogP contribution is 2.34. The molecule has 0 aliphatic heterocycles. The molecule has 4 rings (SSSR count). The molecule has 2 aromatic heterocycles. The minimum Gasteiger partial charge on any atom is -0.339 e. The monoisotopic (exact) mass is 327 g/mol. The molecular formula is C18H18ClN3O. The fraction of sp³-hybridized carbons (Fsp3) is 0.389. The van der Waals surface area contributed by atoms with Crippen LogP contribution in [0.4, 0.5) is 0 Å². The predicted molar refractivity (Wildman–Crippen MR) is 90.6 cm³/mol. The van der Waals surface area contributed by atoms with Crippen LogP contribution in [-0.4, -0.2) is 15.1 Å². The van der Waals surface area contributed by atoms with Crippen molar-refractivity contribution in [2.75, 3.05) is 0 Å². The van der Waals surface area contributed by atoms with Gasteiger partial charge < -0.3 is 4.52 Å². The molecule has 0 saturated heterocycles. The lowest BCUT2D eigenvalue weighted by atomic mass is 9.89. The van der Waals surface area contributed by atoms with Crippen LogP contribution in [0.1, 0.15) is 49.5 Å². The SMILES string of the molecule is Cc1cccc2cc(-c3noc(C4CCCCC4)n3)c(Cl)nc12. The van der Waals surface area contributed by atoms with Gasteiger partial charge in [0, 0.05) is 11.3 Å². The topological polar surface area (TPSA) is 51.8 Å². The molecule has 0 bridgehead atoms. The summed E-state index contributed by atoms with van der Waals surface area (Å²) in [6.07, 6.45) is 6.03. The van der Waals surface area contributed by atoms with Gasteiger partial charge in [0.25, 0.3) is 0 Å². The van der Waals surface area contributed by atoms with E-state index in [4.69, 9.17) is 16.1 Å². The molecule has 0 radical (unpaired) electrons. The van der Waals surface area contributed by atoms with Crippen molar-refractivity contribution in [3.8, 4) is 11.4 Å². The molecule has 2 heterocycles. The summed E-state index contributed by atoms with van der Waals surface area (Å²) in [7, 11) is 0. The standard InChI is InChI=1S/C18H18ClN3O/c1-11-6-5-9-13-10-14(16(19)20-15(11)13)17-21-18(23-22-17)12-7-3-2-4-8-12/h5-6,9-10,12H,2-4,7-8H2,1H3. The number of aryl methyl sites for hydroxylation is 1. The Bertz CT molecular complexity index is 853. The van der Waals surface area contributed by atoms with Crippen molar-refractivity contribution in [3.05, 3.63) is 40.9 Å². The summed E-state index contributed by atoms with van der Waals surface area (Å²) in [6.45, 7) is 2.03. The molecule has 1 aromatic carbocycles. The van der Waals surface area contributed by atoms with Gasteiger partial charge in [0.05, 0.1) is 11.1 Å². The Hall–Kier alpha value is -1.94. The first-order chi connectivity index (χ1) is 11.2. The minimum absolute atomic E-state index is 0.388. The second-order valence-electron chi connectivity index (χ2n) is 6.26. The van der Waals surface area contributed by atoms with Crippen LogP contribution in [-0.2, 0) is 0 Å². The third-order valence-electron chi connectivity index (χ3n) is 4.64. The maximum absolute atomic E-state index is 6.37. The first kappa shape index (κ1) is 14.6.